The predicted molar refractivity (Wildman–Crippen MR) is 117 cm³/mol. The summed E-state index contributed by atoms with van der Waals surface area (Å²) in [5.41, 5.74) is 4.16. The number of carboxylic acids is 1. The lowest BCUT2D eigenvalue weighted by atomic mass is 9.92. The van der Waals surface area contributed by atoms with Gasteiger partial charge < -0.3 is 5.11 Å². The maximum atomic E-state index is 11.6. The number of aryl methyl sites for hydroxylation is 1. The Kier molecular flexibility index (Phi) is 9.74. The Balaban J connectivity index is 1.95. The normalized spacial score (nSPS) is 12.1. The summed E-state index contributed by atoms with van der Waals surface area (Å²) >= 11 is 0. The average molecular weight is 382 g/mol. The van der Waals surface area contributed by atoms with E-state index in [2.05, 4.69) is 31.0 Å². The second-order valence-electron chi connectivity index (χ2n) is 7.72. The minimum Gasteiger partial charge on any atom is -0.481 e. The van der Waals surface area contributed by atoms with Gasteiger partial charge in [0.15, 0.2) is 0 Å². The number of unbranched alkanes of at least 4 members (excludes halogenated alkanes) is 6. The number of hydrogen-bond donors (Lipinski definition) is 1. The third-order valence-corrected chi connectivity index (χ3v) is 5.40. The molecule has 3 heteroatoms. The Morgan fingerprint density at radius 3 is 2.18 bits per heavy atom. The monoisotopic (exact) mass is 381 g/mol. The smallest absolute Gasteiger partial charge is 0.310 e. The number of aliphatic carboxylic acids is 1. The van der Waals surface area contributed by atoms with Gasteiger partial charge in [-0.2, -0.15) is 0 Å². The zero-order valence-corrected chi connectivity index (χ0v) is 17.5. The van der Waals surface area contributed by atoms with E-state index in [4.69, 9.17) is 0 Å². The highest BCUT2D eigenvalue weighted by Gasteiger charge is 2.19. The van der Waals surface area contributed by atoms with Crippen LogP contribution in [0.15, 0.2) is 42.6 Å². The van der Waals surface area contributed by atoms with E-state index in [1.165, 1.54) is 37.7 Å². The highest BCUT2D eigenvalue weighted by atomic mass is 16.4. The van der Waals surface area contributed by atoms with Crippen molar-refractivity contribution in [3.05, 3.63) is 53.7 Å². The van der Waals surface area contributed by atoms with Crippen LogP contribution in [0.5, 0.6) is 0 Å². The van der Waals surface area contributed by atoms with Crippen LogP contribution in [-0.4, -0.2) is 16.1 Å². The van der Waals surface area contributed by atoms with Crippen LogP contribution in [0, 0.1) is 0 Å². The van der Waals surface area contributed by atoms with E-state index in [-0.39, 0.29) is 0 Å². The molecule has 28 heavy (non-hydrogen) atoms. The summed E-state index contributed by atoms with van der Waals surface area (Å²) in [6.45, 7) is 4.37. The van der Waals surface area contributed by atoms with Crippen molar-refractivity contribution < 1.29 is 9.90 Å². The quantitative estimate of drug-likeness (QED) is 0.380. The Morgan fingerprint density at radius 1 is 0.893 bits per heavy atom. The molecule has 1 aromatic carbocycles. The van der Waals surface area contributed by atoms with Crippen LogP contribution < -0.4 is 0 Å². The van der Waals surface area contributed by atoms with Crippen LogP contribution in [0.1, 0.15) is 88.7 Å². The first-order valence-corrected chi connectivity index (χ1v) is 10.9. The molecule has 1 N–H and O–H groups in total. The minimum absolute atomic E-state index is 0.413. The average Bonchev–Trinajstić information content (AvgIpc) is 2.72. The van der Waals surface area contributed by atoms with Crippen molar-refractivity contribution in [2.24, 2.45) is 0 Å². The predicted octanol–water partition coefficient (Wildman–Crippen LogP) is 7.01. The zero-order valence-electron chi connectivity index (χ0n) is 17.5. The highest BCUT2D eigenvalue weighted by Crippen LogP contribution is 2.26. The summed E-state index contributed by atoms with van der Waals surface area (Å²) in [4.78, 5) is 16.2. The fourth-order valence-electron chi connectivity index (χ4n) is 3.59. The lowest BCUT2D eigenvalue weighted by Crippen LogP contribution is -2.11. The van der Waals surface area contributed by atoms with Gasteiger partial charge in [-0.1, -0.05) is 89.1 Å². The van der Waals surface area contributed by atoms with E-state index in [9.17, 15) is 9.90 Å². The third-order valence-electron chi connectivity index (χ3n) is 5.40. The van der Waals surface area contributed by atoms with E-state index in [0.717, 1.165) is 42.5 Å². The summed E-state index contributed by atoms with van der Waals surface area (Å²) in [5, 5.41) is 9.55. The second kappa shape index (κ2) is 12.3. The molecule has 1 unspecified atom stereocenters. The van der Waals surface area contributed by atoms with Crippen molar-refractivity contribution in [1.29, 1.82) is 0 Å². The van der Waals surface area contributed by atoms with Gasteiger partial charge in [0.1, 0.15) is 0 Å². The van der Waals surface area contributed by atoms with Crippen LogP contribution in [0.2, 0.25) is 0 Å². The van der Waals surface area contributed by atoms with E-state index < -0.39 is 11.9 Å². The molecule has 2 rings (SSSR count). The molecule has 0 saturated heterocycles. The number of carbonyl (C=O) groups is 1. The van der Waals surface area contributed by atoms with Gasteiger partial charge in [-0.3, -0.25) is 9.78 Å². The summed E-state index contributed by atoms with van der Waals surface area (Å²) in [5.74, 6) is -1.14. The van der Waals surface area contributed by atoms with Gasteiger partial charge in [0.25, 0.3) is 0 Å². The standard InChI is InChI=1S/C25H35NO2/c1-3-5-7-8-10-11-20-13-18-24(26-19-20)22-16-14-21(15-17-22)23(25(27)28)12-9-6-4-2/h13-19,23H,3-12H2,1-2H3,(H,27,28). The molecule has 1 heterocycles. The van der Waals surface area contributed by atoms with Crippen molar-refractivity contribution >= 4 is 5.97 Å². The van der Waals surface area contributed by atoms with E-state index in [1.807, 2.05) is 30.5 Å². The number of nitrogens with zero attached hydrogens (tertiary/aromatic N) is 1. The summed E-state index contributed by atoms with van der Waals surface area (Å²) in [6, 6.07) is 12.1. The number of hydrogen-bond acceptors (Lipinski definition) is 2. The molecule has 0 amide bonds. The van der Waals surface area contributed by atoms with Gasteiger partial charge in [0.2, 0.25) is 0 Å². The molecule has 0 saturated carbocycles. The molecule has 0 bridgehead atoms. The number of rotatable bonds is 13. The zero-order chi connectivity index (χ0) is 20.2. The number of carboxylic acid groups (broad SMARTS) is 1. The lowest BCUT2D eigenvalue weighted by molar-refractivity contribution is -0.139. The van der Waals surface area contributed by atoms with Gasteiger partial charge in [0.05, 0.1) is 11.6 Å². The summed E-state index contributed by atoms with van der Waals surface area (Å²) in [6.07, 6.45) is 13.4. The molecule has 0 aliphatic rings. The topological polar surface area (TPSA) is 50.2 Å². The van der Waals surface area contributed by atoms with Gasteiger partial charge in [0, 0.05) is 11.8 Å². The van der Waals surface area contributed by atoms with Crippen molar-refractivity contribution in [2.45, 2.75) is 84.0 Å². The van der Waals surface area contributed by atoms with Crippen molar-refractivity contribution in [1.82, 2.24) is 4.98 Å². The molecule has 0 fully saturated rings. The Labute approximate surface area is 170 Å². The Morgan fingerprint density at radius 2 is 1.57 bits per heavy atom. The molecule has 0 radical (unpaired) electrons. The van der Waals surface area contributed by atoms with Gasteiger partial charge in [-0.05, 0) is 36.5 Å². The fourth-order valence-corrected chi connectivity index (χ4v) is 3.59. The highest BCUT2D eigenvalue weighted by molar-refractivity contribution is 5.76. The Bertz CT molecular complexity index is 691. The SMILES string of the molecule is CCCCCCCc1ccc(-c2ccc(C(CCCCC)C(=O)O)cc2)nc1. The second-order valence-corrected chi connectivity index (χ2v) is 7.72. The molecule has 0 aliphatic heterocycles. The lowest BCUT2D eigenvalue weighted by Gasteiger charge is -2.13. The minimum atomic E-state index is -0.731. The fraction of sp³-hybridized carbons (Fsp3) is 0.520. The van der Waals surface area contributed by atoms with Crippen LogP contribution in [0.4, 0.5) is 0 Å². The molecule has 1 aromatic heterocycles. The van der Waals surface area contributed by atoms with Crippen molar-refractivity contribution in [3.63, 3.8) is 0 Å². The van der Waals surface area contributed by atoms with Gasteiger partial charge in [-0.15, -0.1) is 0 Å². The Hall–Kier alpha value is -2.16. The molecule has 0 spiro atoms. The van der Waals surface area contributed by atoms with E-state index >= 15 is 0 Å². The molecular formula is C25H35NO2. The summed E-state index contributed by atoms with van der Waals surface area (Å²) < 4.78 is 0. The van der Waals surface area contributed by atoms with E-state index in [0.29, 0.717) is 6.42 Å². The molecule has 0 aliphatic carbocycles. The summed E-state index contributed by atoms with van der Waals surface area (Å²) in [7, 11) is 0. The van der Waals surface area contributed by atoms with Crippen LogP contribution in [0.25, 0.3) is 11.3 Å². The molecular weight excluding hydrogens is 346 g/mol. The first-order chi connectivity index (χ1) is 13.7. The molecule has 3 nitrogen and oxygen atoms in total. The maximum absolute atomic E-state index is 11.6. The first-order valence-electron chi connectivity index (χ1n) is 10.9. The van der Waals surface area contributed by atoms with Gasteiger partial charge in [-0.25, -0.2) is 0 Å². The largest absolute Gasteiger partial charge is 0.481 e. The van der Waals surface area contributed by atoms with E-state index in [1.54, 1.807) is 0 Å². The first kappa shape index (κ1) is 22.1. The van der Waals surface area contributed by atoms with Crippen LogP contribution in [-0.2, 0) is 11.2 Å². The van der Waals surface area contributed by atoms with Crippen molar-refractivity contribution in [3.8, 4) is 11.3 Å². The number of pyridine rings is 1. The number of aromatic nitrogens is 1. The van der Waals surface area contributed by atoms with Crippen LogP contribution in [0.3, 0.4) is 0 Å². The van der Waals surface area contributed by atoms with Crippen LogP contribution >= 0.6 is 0 Å². The molecule has 2 aromatic rings. The maximum Gasteiger partial charge on any atom is 0.310 e. The third kappa shape index (κ3) is 7.10. The molecule has 1 atom stereocenters. The molecule has 152 valence electrons. The van der Waals surface area contributed by atoms with Crippen molar-refractivity contribution in [2.75, 3.05) is 0 Å². The van der Waals surface area contributed by atoms with Gasteiger partial charge >= 0.3 is 5.97 Å². The number of benzene rings is 1.